The van der Waals surface area contributed by atoms with Crippen molar-refractivity contribution < 1.29 is 23.8 Å². The molecule has 0 amide bonds. The first-order chi connectivity index (χ1) is 18.2. The van der Waals surface area contributed by atoms with Gasteiger partial charge in [-0.1, -0.05) is 47.0 Å². The first kappa shape index (κ1) is 25.7. The third-order valence-electron chi connectivity index (χ3n) is 6.54. The summed E-state index contributed by atoms with van der Waals surface area (Å²) in [6.07, 6.45) is 0.169. The Balaban J connectivity index is 1.40. The lowest BCUT2D eigenvalue weighted by atomic mass is 10.1. The summed E-state index contributed by atoms with van der Waals surface area (Å²) in [6.45, 7) is 5.65. The van der Waals surface area contributed by atoms with Crippen LogP contribution < -0.4 is 5.73 Å². The van der Waals surface area contributed by atoms with Crippen LogP contribution in [0.15, 0.2) is 54.7 Å². The van der Waals surface area contributed by atoms with E-state index in [-0.39, 0.29) is 17.7 Å². The number of nitrogens with zero attached hydrogens (tertiary/aromatic N) is 3. The Kier molecular flexibility index (Phi) is 7.05. The molecule has 3 heterocycles. The van der Waals surface area contributed by atoms with Crippen molar-refractivity contribution in [3.05, 3.63) is 87.7 Å². The van der Waals surface area contributed by atoms with Gasteiger partial charge in [0.2, 0.25) is 5.95 Å². The summed E-state index contributed by atoms with van der Waals surface area (Å²) in [7, 11) is 0. The van der Waals surface area contributed by atoms with Gasteiger partial charge in [-0.25, -0.2) is 14.6 Å². The fraction of sp³-hybridized carbons (Fsp3) is 0.286. The number of ether oxygens (including phenoxy) is 3. The number of hydrogen-bond acceptors (Lipinski definition) is 8. The second-order valence-electron chi connectivity index (χ2n) is 9.43. The van der Waals surface area contributed by atoms with E-state index in [9.17, 15) is 9.59 Å². The first-order valence-electron chi connectivity index (χ1n) is 12.2. The predicted octanol–water partition coefficient (Wildman–Crippen LogP) is 4.96. The maximum atomic E-state index is 13.0. The van der Waals surface area contributed by atoms with Crippen LogP contribution in [0.4, 0.5) is 5.95 Å². The molecule has 3 atom stereocenters. The van der Waals surface area contributed by atoms with Crippen molar-refractivity contribution in [1.29, 1.82) is 0 Å². The fourth-order valence-corrected chi connectivity index (χ4v) is 4.81. The fourth-order valence-electron chi connectivity index (χ4n) is 4.49. The highest BCUT2D eigenvalue weighted by atomic mass is 35.5. The number of carbonyl (C=O) groups excluding carboxylic acids is 2. The highest BCUT2D eigenvalue weighted by Gasteiger charge is 2.40. The molecule has 1 fully saturated rings. The van der Waals surface area contributed by atoms with Crippen LogP contribution in [0.2, 0.25) is 5.15 Å². The van der Waals surface area contributed by atoms with Crippen molar-refractivity contribution in [1.82, 2.24) is 14.5 Å². The summed E-state index contributed by atoms with van der Waals surface area (Å²) in [4.78, 5) is 34.0. The van der Waals surface area contributed by atoms with Crippen molar-refractivity contribution in [2.45, 2.75) is 45.6 Å². The van der Waals surface area contributed by atoms with Crippen molar-refractivity contribution in [2.24, 2.45) is 0 Å². The van der Waals surface area contributed by atoms with Gasteiger partial charge in [-0.2, -0.15) is 4.98 Å². The van der Waals surface area contributed by atoms with E-state index in [1.54, 1.807) is 28.8 Å². The number of halogens is 1. The van der Waals surface area contributed by atoms with Gasteiger partial charge in [0.1, 0.15) is 35.8 Å². The summed E-state index contributed by atoms with van der Waals surface area (Å²) >= 11 is 6.33. The van der Waals surface area contributed by atoms with E-state index in [2.05, 4.69) is 9.97 Å². The molecule has 196 valence electrons. The molecule has 2 N–H and O–H groups in total. The number of carbonyl (C=O) groups is 2. The topological polar surface area (TPSA) is 119 Å². The minimum atomic E-state index is -0.712. The van der Waals surface area contributed by atoms with Gasteiger partial charge in [0.05, 0.1) is 16.5 Å². The Morgan fingerprint density at radius 2 is 1.61 bits per heavy atom. The summed E-state index contributed by atoms with van der Waals surface area (Å²) < 4.78 is 19.5. The summed E-state index contributed by atoms with van der Waals surface area (Å²) in [5.74, 6) is -0.946. The Bertz CT molecular complexity index is 1500. The van der Waals surface area contributed by atoms with E-state index in [4.69, 9.17) is 31.5 Å². The van der Waals surface area contributed by atoms with Gasteiger partial charge in [0.15, 0.2) is 0 Å². The molecular weight excluding hydrogens is 508 g/mol. The molecule has 2 aromatic carbocycles. The van der Waals surface area contributed by atoms with Gasteiger partial charge >= 0.3 is 11.9 Å². The maximum absolute atomic E-state index is 13.0. The van der Waals surface area contributed by atoms with E-state index in [1.165, 1.54) is 0 Å². The van der Waals surface area contributed by atoms with Crippen molar-refractivity contribution in [2.75, 3.05) is 12.3 Å². The third-order valence-corrected chi connectivity index (χ3v) is 6.81. The molecule has 1 aliphatic rings. The number of nitrogen functional groups attached to an aromatic ring is 1. The average molecular weight is 535 g/mol. The van der Waals surface area contributed by atoms with Crippen LogP contribution in [0.3, 0.4) is 0 Å². The molecule has 2 aromatic heterocycles. The molecule has 0 aliphatic carbocycles. The van der Waals surface area contributed by atoms with E-state index in [0.29, 0.717) is 28.6 Å². The van der Waals surface area contributed by atoms with Crippen LogP contribution in [0.1, 0.15) is 50.1 Å². The number of nitrogens with two attached hydrogens (primary N) is 1. The van der Waals surface area contributed by atoms with Gasteiger partial charge in [-0.05, 0) is 50.6 Å². The highest BCUT2D eigenvalue weighted by molar-refractivity contribution is 6.34. The molecule has 1 aliphatic heterocycles. The number of aryl methyl sites for hydroxylation is 3. The molecular formula is C28H27ClN4O5. The zero-order valence-corrected chi connectivity index (χ0v) is 21.9. The molecule has 0 unspecified atom stereocenters. The Morgan fingerprint density at radius 3 is 2.24 bits per heavy atom. The van der Waals surface area contributed by atoms with Gasteiger partial charge < -0.3 is 24.5 Å². The zero-order valence-electron chi connectivity index (χ0n) is 21.2. The van der Waals surface area contributed by atoms with Crippen LogP contribution in [-0.4, -0.2) is 45.3 Å². The van der Waals surface area contributed by atoms with Crippen LogP contribution >= 0.6 is 11.6 Å². The lowest BCUT2D eigenvalue weighted by Crippen LogP contribution is -2.32. The second-order valence-corrected chi connectivity index (χ2v) is 9.79. The molecule has 10 heteroatoms. The first-order valence-corrected chi connectivity index (χ1v) is 12.5. The Labute approximate surface area is 224 Å². The van der Waals surface area contributed by atoms with Crippen LogP contribution in [0.25, 0.3) is 11.0 Å². The zero-order chi connectivity index (χ0) is 27.0. The molecule has 4 aromatic rings. The van der Waals surface area contributed by atoms with Gasteiger partial charge in [-0.15, -0.1) is 0 Å². The predicted molar refractivity (Wildman–Crippen MR) is 142 cm³/mol. The highest BCUT2D eigenvalue weighted by Crippen LogP contribution is 2.36. The monoisotopic (exact) mass is 534 g/mol. The lowest BCUT2D eigenvalue weighted by molar-refractivity contribution is -0.0562. The van der Waals surface area contributed by atoms with Crippen LogP contribution in [-0.2, 0) is 14.2 Å². The summed E-state index contributed by atoms with van der Waals surface area (Å²) in [5, 5.41) is 0.902. The Morgan fingerprint density at radius 1 is 1.00 bits per heavy atom. The number of esters is 2. The van der Waals surface area contributed by atoms with Crippen molar-refractivity contribution in [3.63, 3.8) is 0 Å². The smallest absolute Gasteiger partial charge is 0.338 e. The third kappa shape index (κ3) is 5.20. The summed E-state index contributed by atoms with van der Waals surface area (Å²) in [6, 6.07) is 14.2. The molecule has 5 rings (SSSR count). The van der Waals surface area contributed by atoms with Crippen LogP contribution in [0.5, 0.6) is 0 Å². The molecule has 9 nitrogen and oxygen atoms in total. The maximum Gasteiger partial charge on any atom is 0.338 e. The van der Waals surface area contributed by atoms with E-state index in [1.807, 2.05) is 51.2 Å². The SMILES string of the molecule is Cc1ccc(C(=O)OC[C@H]2O[C@@H](n3cc(C)c4c(Cl)nc(N)nc43)C[C@@H]2OC(=O)c2ccc(C)cc2)cc1. The number of aromatic nitrogens is 3. The number of benzene rings is 2. The molecule has 0 bridgehead atoms. The Hall–Kier alpha value is -3.95. The van der Waals surface area contributed by atoms with E-state index < -0.39 is 30.4 Å². The van der Waals surface area contributed by atoms with Crippen molar-refractivity contribution in [3.8, 4) is 0 Å². The minimum absolute atomic E-state index is 0.0331. The second kappa shape index (κ2) is 10.4. The molecule has 0 spiro atoms. The number of hydrogen-bond donors (Lipinski definition) is 1. The van der Waals surface area contributed by atoms with E-state index >= 15 is 0 Å². The molecule has 1 saturated heterocycles. The normalized spacial score (nSPS) is 19.0. The van der Waals surface area contributed by atoms with E-state index in [0.717, 1.165) is 16.7 Å². The van der Waals surface area contributed by atoms with Crippen molar-refractivity contribution >= 4 is 40.5 Å². The molecule has 0 saturated carbocycles. The number of rotatable bonds is 6. The number of anilines is 1. The summed E-state index contributed by atoms with van der Waals surface area (Å²) in [5.41, 5.74) is 10.1. The lowest BCUT2D eigenvalue weighted by Gasteiger charge is -2.19. The van der Waals surface area contributed by atoms with Gasteiger partial charge in [0, 0.05) is 12.6 Å². The van der Waals surface area contributed by atoms with Crippen LogP contribution in [0, 0.1) is 20.8 Å². The minimum Gasteiger partial charge on any atom is -0.459 e. The molecule has 0 radical (unpaired) electrons. The largest absolute Gasteiger partial charge is 0.459 e. The molecule has 38 heavy (non-hydrogen) atoms. The quantitative estimate of drug-likeness (QED) is 0.272. The standard InChI is InChI=1S/C28H27ClN4O5/c1-15-4-8-18(9-5-15)26(34)36-14-21-20(38-27(35)19-10-6-16(2)7-11-19)12-22(37-21)33-13-17(3)23-24(29)31-28(30)32-25(23)33/h4-11,13,20-22H,12,14H2,1-3H3,(H2,30,31,32)/t20-,21+,22+/m0/s1. The average Bonchev–Trinajstić information content (AvgIpc) is 3.43. The number of fused-ring (bicyclic) bond motifs is 1. The van der Waals surface area contributed by atoms with Gasteiger partial charge in [0.25, 0.3) is 0 Å². The van der Waals surface area contributed by atoms with Gasteiger partial charge in [-0.3, -0.25) is 0 Å².